The van der Waals surface area contributed by atoms with Gasteiger partial charge in [-0.15, -0.1) is 6.58 Å². The molecule has 1 fully saturated rings. The highest BCUT2D eigenvalue weighted by molar-refractivity contribution is 5.65. The summed E-state index contributed by atoms with van der Waals surface area (Å²) in [6.07, 6.45) is 16.9. The molecule has 0 bridgehead atoms. The second kappa shape index (κ2) is 9.79. The van der Waals surface area contributed by atoms with E-state index in [0.717, 1.165) is 17.8 Å². The van der Waals surface area contributed by atoms with Gasteiger partial charge < -0.3 is 0 Å². The number of hydrogen-bond acceptors (Lipinski definition) is 0. The van der Waals surface area contributed by atoms with Crippen molar-refractivity contribution >= 4 is 0 Å². The molecule has 0 N–H and O–H groups in total. The fourth-order valence-corrected chi connectivity index (χ4v) is 5.66. The Balaban J connectivity index is 1.39. The molecule has 0 spiro atoms. The molecule has 1 atom stereocenters. The van der Waals surface area contributed by atoms with Crippen molar-refractivity contribution in [1.82, 2.24) is 0 Å². The van der Waals surface area contributed by atoms with Crippen LogP contribution >= 0.6 is 0 Å². The highest BCUT2D eigenvalue weighted by Gasteiger charge is 2.29. The second-order valence-electron chi connectivity index (χ2n) is 9.55. The summed E-state index contributed by atoms with van der Waals surface area (Å²) < 4.78 is 0. The van der Waals surface area contributed by atoms with Crippen molar-refractivity contribution in [3.8, 4) is 11.1 Å². The van der Waals surface area contributed by atoms with E-state index < -0.39 is 0 Å². The Morgan fingerprint density at radius 1 is 0.828 bits per heavy atom. The molecule has 0 radical (unpaired) electrons. The van der Waals surface area contributed by atoms with E-state index in [2.05, 4.69) is 62.0 Å². The fraction of sp³-hybridized carbons (Fsp3) is 0.517. The highest BCUT2D eigenvalue weighted by Crippen LogP contribution is 2.40. The fourth-order valence-electron chi connectivity index (χ4n) is 5.66. The van der Waals surface area contributed by atoms with Gasteiger partial charge in [0.05, 0.1) is 0 Å². The first kappa shape index (κ1) is 20.5. The van der Waals surface area contributed by atoms with Gasteiger partial charge in [0.1, 0.15) is 0 Å². The molecule has 1 saturated carbocycles. The maximum atomic E-state index is 4.01. The normalized spacial score (nSPS) is 24.1. The van der Waals surface area contributed by atoms with Crippen LogP contribution in [0.5, 0.6) is 0 Å². The zero-order valence-corrected chi connectivity index (χ0v) is 18.3. The minimum Gasteiger partial charge on any atom is -0.103 e. The van der Waals surface area contributed by atoms with Gasteiger partial charge in [0, 0.05) is 0 Å². The zero-order chi connectivity index (χ0) is 20.1. The van der Waals surface area contributed by atoms with Crippen molar-refractivity contribution < 1.29 is 0 Å². The van der Waals surface area contributed by atoms with Crippen LogP contribution in [0.25, 0.3) is 11.1 Å². The minimum atomic E-state index is 0.780. The molecule has 2 aromatic rings. The van der Waals surface area contributed by atoms with E-state index in [0.29, 0.717) is 0 Å². The molecule has 4 rings (SSSR count). The Morgan fingerprint density at radius 2 is 1.59 bits per heavy atom. The Kier molecular flexibility index (Phi) is 6.90. The summed E-state index contributed by atoms with van der Waals surface area (Å²) in [7, 11) is 0. The van der Waals surface area contributed by atoms with Gasteiger partial charge in [-0.2, -0.15) is 0 Å². The van der Waals surface area contributed by atoms with E-state index in [1.165, 1.54) is 87.3 Å². The largest absolute Gasteiger partial charge is 0.103 e. The number of aryl methyl sites for hydroxylation is 2. The number of rotatable bonds is 7. The number of allylic oxidation sites excluding steroid dienone is 1. The van der Waals surface area contributed by atoms with Crippen LogP contribution in [0, 0.1) is 17.8 Å². The first-order valence-corrected chi connectivity index (χ1v) is 12.1. The molecule has 0 aliphatic heterocycles. The number of unbranched alkanes of at least 4 members (excludes halogenated alkanes) is 2. The van der Waals surface area contributed by atoms with Crippen molar-refractivity contribution in [3.63, 3.8) is 0 Å². The van der Waals surface area contributed by atoms with Crippen LogP contribution < -0.4 is 0 Å². The van der Waals surface area contributed by atoms with Crippen LogP contribution in [0.15, 0.2) is 55.1 Å². The molecule has 2 aromatic carbocycles. The maximum Gasteiger partial charge on any atom is -0.0181 e. The Labute approximate surface area is 178 Å². The quantitative estimate of drug-likeness (QED) is 0.332. The molecule has 2 aliphatic carbocycles. The van der Waals surface area contributed by atoms with Gasteiger partial charge >= 0.3 is 0 Å². The van der Waals surface area contributed by atoms with Crippen LogP contribution in [-0.2, 0) is 19.3 Å². The van der Waals surface area contributed by atoms with Crippen molar-refractivity contribution in [2.24, 2.45) is 17.8 Å². The van der Waals surface area contributed by atoms with Crippen LogP contribution in [0.3, 0.4) is 0 Å². The molecule has 154 valence electrons. The molecule has 0 saturated heterocycles. The van der Waals surface area contributed by atoms with E-state index in [9.17, 15) is 0 Å². The van der Waals surface area contributed by atoms with E-state index in [1.807, 2.05) is 0 Å². The third-order valence-electron chi connectivity index (χ3n) is 7.65. The van der Waals surface area contributed by atoms with Crippen molar-refractivity contribution in [3.05, 3.63) is 71.8 Å². The van der Waals surface area contributed by atoms with Crippen molar-refractivity contribution in [1.29, 1.82) is 0 Å². The summed E-state index contributed by atoms with van der Waals surface area (Å²) in [5.74, 6) is 2.63. The summed E-state index contributed by atoms with van der Waals surface area (Å²) in [5.41, 5.74) is 7.47. The van der Waals surface area contributed by atoms with Gasteiger partial charge in [-0.05, 0) is 103 Å². The van der Waals surface area contributed by atoms with Crippen LogP contribution in [0.2, 0.25) is 0 Å². The van der Waals surface area contributed by atoms with Gasteiger partial charge in [-0.25, -0.2) is 0 Å². The zero-order valence-electron chi connectivity index (χ0n) is 18.3. The Morgan fingerprint density at radius 3 is 2.31 bits per heavy atom. The monoisotopic (exact) mass is 386 g/mol. The molecule has 2 aliphatic rings. The molecule has 0 nitrogen and oxygen atoms in total. The molecular formula is C29H38. The van der Waals surface area contributed by atoms with E-state index in [4.69, 9.17) is 0 Å². The lowest BCUT2D eigenvalue weighted by molar-refractivity contribution is 0.206. The molecule has 0 amide bonds. The third-order valence-corrected chi connectivity index (χ3v) is 7.65. The van der Waals surface area contributed by atoms with Crippen molar-refractivity contribution in [2.75, 3.05) is 0 Å². The van der Waals surface area contributed by atoms with Crippen LogP contribution in [0.1, 0.15) is 75.0 Å². The molecule has 1 unspecified atom stereocenters. The summed E-state index contributed by atoms with van der Waals surface area (Å²) in [4.78, 5) is 0. The van der Waals surface area contributed by atoms with Crippen LogP contribution in [0.4, 0.5) is 0 Å². The van der Waals surface area contributed by atoms with Crippen molar-refractivity contribution in [2.45, 2.75) is 77.6 Å². The smallest absolute Gasteiger partial charge is 0.0181 e. The lowest BCUT2D eigenvalue weighted by atomic mass is 9.69. The minimum absolute atomic E-state index is 0.780. The van der Waals surface area contributed by atoms with Gasteiger partial charge in [-0.3, -0.25) is 0 Å². The maximum absolute atomic E-state index is 4.01. The molecule has 0 heterocycles. The highest BCUT2D eigenvalue weighted by atomic mass is 14.3. The Hall–Kier alpha value is -1.82. The predicted octanol–water partition coefficient (Wildman–Crippen LogP) is 8.18. The Bertz CT molecular complexity index is 789. The molecule has 0 heteroatoms. The number of hydrogen-bond donors (Lipinski definition) is 0. The summed E-state index contributed by atoms with van der Waals surface area (Å²) in [6, 6.07) is 16.6. The number of fused-ring (bicyclic) bond motifs is 1. The lowest BCUT2D eigenvalue weighted by Gasteiger charge is -2.36. The lowest BCUT2D eigenvalue weighted by Crippen LogP contribution is -2.26. The predicted molar refractivity (Wildman–Crippen MR) is 126 cm³/mol. The molecule has 29 heavy (non-hydrogen) atoms. The topological polar surface area (TPSA) is 0 Å². The van der Waals surface area contributed by atoms with Gasteiger partial charge in [0.2, 0.25) is 0 Å². The standard InChI is InChI=1S/C29H38/c1-3-5-6-7-23-10-14-25(15-11-23)27-17-19-28-20-26(16-18-29(28)21-27)24-12-8-22(4-2)9-13-24/h4,10-11,14-15,17,19,21-22,24,26H,2-3,5-9,12-13,16,18,20H2,1H3. The summed E-state index contributed by atoms with van der Waals surface area (Å²) >= 11 is 0. The average molecular weight is 387 g/mol. The number of benzene rings is 2. The third kappa shape index (κ3) is 5.03. The molecule has 0 aromatic heterocycles. The first-order chi connectivity index (χ1) is 14.3. The second-order valence-corrected chi connectivity index (χ2v) is 9.55. The van der Waals surface area contributed by atoms with Gasteiger partial charge in [0.15, 0.2) is 0 Å². The van der Waals surface area contributed by atoms with E-state index >= 15 is 0 Å². The SMILES string of the molecule is C=CC1CCC(C2CCc3cc(-c4ccc(CCCCC)cc4)ccc3C2)CC1. The van der Waals surface area contributed by atoms with Crippen LogP contribution in [-0.4, -0.2) is 0 Å². The summed E-state index contributed by atoms with van der Waals surface area (Å²) in [6.45, 7) is 6.28. The average Bonchev–Trinajstić information content (AvgIpc) is 2.79. The van der Waals surface area contributed by atoms with Gasteiger partial charge in [0.25, 0.3) is 0 Å². The summed E-state index contributed by atoms with van der Waals surface area (Å²) in [5, 5.41) is 0. The molecular weight excluding hydrogens is 348 g/mol. The van der Waals surface area contributed by atoms with E-state index in [-0.39, 0.29) is 0 Å². The van der Waals surface area contributed by atoms with E-state index in [1.54, 1.807) is 11.1 Å². The van der Waals surface area contributed by atoms with Gasteiger partial charge in [-0.1, -0.05) is 68.3 Å². The first-order valence-electron chi connectivity index (χ1n) is 12.1.